The molecule has 3 heterocycles. The van der Waals surface area contributed by atoms with E-state index in [2.05, 4.69) is 4.98 Å². The summed E-state index contributed by atoms with van der Waals surface area (Å²) in [5.74, 6) is 0. The first-order valence-corrected chi connectivity index (χ1v) is 10.3. The van der Waals surface area contributed by atoms with E-state index in [1.807, 2.05) is 25.3 Å². The van der Waals surface area contributed by atoms with Crippen LogP contribution in [0.3, 0.4) is 0 Å². The molecule has 1 atom stereocenters. The molecular weight excluding hydrogens is 340 g/mol. The highest BCUT2D eigenvalue weighted by atomic mass is 32.2. The molecule has 0 radical (unpaired) electrons. The van der Waals surface area contributed by atoms with Crippen LogP contribution >= 0.6 is 22.7 Å². The highest BCUT2D eigenvalue weighted by Crippen LogP contribution is 2.34. The van der Waals surface area contributed by atoms with Gasteiger partial charge in [0.25, 0.3) is 10.0 Å². The van der Waals surface area contributed by atoms with Crippen LogP contribution in [0.25, 0.3) is 10.6 Å². The summed E-state index contributed by atoms with van der Waals surface area (Å²) >= 11 is 2.85. The van der Waals surface area contributed by atoms with Gasteiger partial charge in [0, 0.05) is 18.0 Å². The van der Waals surface area contributed by atoms with Gasteiger partial charge < -0.3 is 4.74 Å². The second-order valence-electron chi connectivity index (χ2n) is 5.12. The predicted octanol–water partition coefficient (Wildman–Crippen LogP) is 2.98. The molecule has 0 spiro atoms. The van der Waals surface area contributed by atoms with Crippen molar-refractivity contribution in [1.29, 1.82) is 0 Å². The third-order valence-electron chi connectivity index (χ3n) is 3.66. The number of sulfonamides is 1. The fraction of sp³-hybridized carbons (Fsp3) is 0.500. The third-order valence-corrected chi connectivity index (χ3v) is 7.96. The molecule has 2 aromatic heterocycles. The van der Waals surface area contributed by atoms with Gasteiger partial charge in [0.05, 0.1) is 28.8 Å². The summed E-state index contributed by atoms with van der Waals surface area (Å²) in [6.45, 7) is 5.28. The summed E-state index contributed by atoms with van der Waals surface area (Å²) in [5.41, 5.74) is 0.850. The van der Waals surface area contributed by atoms with Crippen LogP contribution in [0.4, 0.5) is 0 Å². The van der Waals surface area contributed by atoms with Gasteiger partial charge in [-0.1, -0.05) is 6.92 Å². The highest BCUT2D eigenvalue weighted by Gasteiger charge is 2.34. The number of aryl methyl sites for hydroxylation is 1. The van der Waals surface area contributed by atoms with E-state index < -0.39 is 10.0 Å². The molecule has 0 unspecified atom stereocenters. The fourth-order valence-electron chi connectivity index (χ4n) is 2.47. The van der Waals surface area contributed by atoms with Gasteiger partial charge in [-0.3, -0.25) is 0 Å². The van der Waals surface area contributed by atoms with E-state index in [0.717, 1.165) is 22.0 Å². The van der Waals surface area contributed by atoms with Gasteiger partial charge >= 0.3 is 0 Å². The Morgan fingerprint density at radius 2 is 2.27 bits per heavy atom. The van der Waals surface area contributed by atoms with E-state index in [9.17, 15) is 8.42 Å². The van der Waals surface area contributed by atoms with E-state index in [1.165, 1.54) is 11.3 Å². The van der Waals surface area contributed by atoms with E-state index in [-0.39, 0.29) is 6.04 Å². The Balaban J connectivity index is 1.91. The van der Waals surface area contributed by atoms with Crippen LogP contribution in [-0.4, -0.2) is 43.5 Å². The molecule has 1 aliphatic rings. The molecule has 5 nitrogen and oxygen atoms in total. The number of rotatable bonds is 4. The Kier molecular flexibility index (Phi) is 4.65. The van der Waals surface area contributed by atoms with Crippen LogP contribution in [0.5, 0.6) is 0 Å². The second-order valence-corrected chi connectivity index (χ2v) is 9.39. The van der Waals surface area contributed by atoms with Gasteiger partial charge in [-0.05, 0) is 25.5 Å². The van der Waals surface area contributed by atoms with Crippen molar-refractivity contribution in [3.8, 4) is 10.6 Å². The topological polar surface area (TPSA) is 59.5 Å². The first-order chi connectivity index (χ1) is 10.5. The zero-order valence-corrected chi connectivity index (χ0v) is 14.9. The standard InChI is InChI=1S/C14H18N2O3S3/c1-3-11-8-19-7-6-16(11)22(17,18)14-5-4-13(21-14)12-9-20-10(2)15-12/h4-5,9,11H,3,6-8H2,1-2H3/t11-/m0/s1. The lowest BCUT2D eigenvalue weighted by atomic mass is 10.2. The number of thiophene rings is 1. The number of nitrogens with zero attached hydrogens (tertiary/aromatic N) is 2. The lowest BCUT2D eigenvalue weighted by Crippen LogP contribution is -2.48. The zero-order valence-electron chi connectivity index (χ0n) is 12.5. The largest absolute Gasteiger partial charge is 0.378 e. The smallest absolute Gasteiger partial charge is 0.252 e. The minimum Gasteiger partial charge on any atom is -0.378 e. The van der Waals surface area contributed by atoms with Crippen LogP contribution in [0.15, 0.2) is 21.7 Å². The molecular formula is C14H18N2O3S3. The Bertz CT molecular complexity index is 751. The molecule has 0 N–H and O–H groups in total. The molecule has 1 aliphatic heterocycles. The molecule has 120 valence electrons. The van der Waals surface area contributed by atoms with Crippen molar-refractivity contribution in [2.75, 3.05) is 19.8 Å². The van der Waals surface area contributed by atoms with Gasteiger partial charge in [0.15, 0.2) is 0 Å². The summed E-state index contributed by atoms with van der Waals surface area (Å²) in [6, 6.07) is 3.45. The molecule has 1 saturated heterocycles. The van der Waals surface area contributed by atoms with Gasteiger partial charge in [-0.2, -0.15) is 4.31 Å². The number of aromatic nitrogens is 1. The Hall–Kier alpha value is -0.800. The Labute approximate surface area is 138 Å². The lowest BCUT2D eigenvalue weighted by Gasteiger charge is -2.33. The molecule has 0 aromatic carbocycles. The molecule has 3 rings (SSSR count). The second kappa shape index (κ2) is 6.37. The van der Waals surface area contributed by atoms with E-state index in [0.29, 0.717) is 24.0 Å². The normalized spacial score (nSPS) is 20.4. The first-order valence-electron chi connectivity index (χ1n) is 7.14. The maximum atomic E-state index is 12.9. The van der Waals surface area contributed by atoms with Gasteiger partial charge in [0.2, 0.25) is 0 Å². The molecule has 1 fully saturated rings. The van der Waals surface area contributed by atoms with Crippen molar-refractivity contribution in [3.63, 3.8) is 0 Å². The molecule has 8 heteroatoms. The average molecular weight is 359 g/mol. The minimum atomic E-state index is -3.46. The van der Waals surface area contributed by atoms with Crippen molar-refractivity contribution in [2.24, 2.45) is 0 Å². The molecule has 2 aromatic rings. The average Bonchev–Trinajstić information content (AvgIpc) is 3.16. The van der Waals surface area contributed by atoms with Crippen LogP contribution in [0.1, 0.15) is 18.4 Å². The molecule has 0 bridgehead atoms. The number of hydrogen-bond acceptors (Lipinski definition) is 6. The van der Waals surface area contributed by atoms with E-state index in [4.69, 9.17) is 4.74 Å². The van der Waals surface area contributed by atoms with Crippen molar-refractivity contribution >= 4 is 32.7 Å². The summed E-state index contributed by atoms with van der Waals surface area (Å²) in [6.07, 6.45) is 0.753. The van der Waals surface area contributed by atoms with Crippen LogP contribution < -0.4 is 0 Å². The number of ether oxygens (including phenoxy) is 1. The lowest BCUT2D eigenvalue weighted by molar-refractivity contribution is 0.0315. The summed E-state index contributed by atoms with van der Waals surface area (Å²) < 4.78 is 33.1. The Morgan fingerprint density at radius 1 is 1.45 bits per heavy atom. The quantitative estimate of drug-likeness (QED) is 0.843. The molecule has 0 saturated carbocycles. The monoisotopic (exact) mass is 358 g/mol. The summed E-state index contributed by atoms with van der Waals surface area (Å²) in [4.78, 5) is 5.31. The highest BCUT2D eigenvalue weighted by molar-refractivity contribution is 7.91. The molecule has 0 amide bonds. The SMILES string of the molecule is CC[C@H]1COCCN1S(=O)(=O)c1ccc(-c2csc(C)n2)s1. The summed E-state index contributed by atoms with van der Waals surface area (Å²) in [5, 5.41) is 2.94. The third kappa shape index (κ3) is 2.98. The van der Waals surface area contributed by atoms with Crippen LogP contribution in [-0.2, 0) is 14.8 Å². The van der Waals surface area contributed by atoms with Crippen LogP contribution in [0.2, 0.25) is 0 Å². The number of morpholine rings is 1. The predicted molar refractivity (Wildman–Crippen MR) is 89.0 cm³/mol. The van der Waals surface area contributed by atoms with Crippen molar-refractivity contribution < 1.29 is 13.2 Å². The fourth-order valence-corrected chi connectivity index (χ4v) is 6.22. The van der Waals surface area contributed by atoms with E-state index >= 15 is 0 Å². The Morgan fingerprint density at radius 3 is 2.95 bits per heavy atom. The molecule has 22 heavy (non-hydrogen) atoms. The number of thiazole rings is 1. The number of hydrogen-bond donors (Lipinski definition) is 0. The summed E-state index contributed by atoms with van der Waals surface area (Å²) in [7, 11) is -3.46. The van der Waals surface area contributed by atoms with Crippen molar-refractivity contribution in [3.05, 3.63) is 22.5 Å². The molecule has 0 aliphatic carbocycles. The maximum Gasteiger partial charge on any atom is 0.252 e. The van der Waals surface area contributed by atoms with Gasteiger partial charge in [-0.25, -0.2) is 13.4 Å². The zero-order chi connectivity index (χ0) is 15.7. The first kappa shape index (κ1) is 16.1. The van der Waals surface area contributed by atoms with Crippen molar-refractivity contribution in [2.45, 2.75) is 30.5 Å². The maximum absolute atomic E-state index is 12.9. The van der Waals surface area contributed by atoms with Gasteiger partial charge in [0.1, 0.15) is 4.21 Å². The van der Waals surface area contributed by atoms with Crippen LogP contribution in [0, 0.1) is 6.92 Å². The van der Waals surface area contributed by atoms with Crippen molar-refractivity contribution in [1.82, 2.24) is 9.29 Å². The minimum absolute atomic E-state index is 0.0779. The van der Waals surface area contributed by atoms with E-state index in [1.54, 1.807) is 21.7 Å². The van der Waals surface area contributed by atoms with Gasteiger partial charge in [-0.15, -0.1) is 22.7 Å².